The van der Waals surface area contributed by atoms with Gasteiger partial charge in [-0.3, -0.25) is 0 Å². The second-order valence-corrected chi connectivity index (χ2v) is 3.51. The summed E-state index contributed by atoms with van der Waals surface area (Å²) in [5.41, 5.74) is 0.150. The lowest BCUT2D eigenvalue weighted by molar-refractivity contribution is 0.225. The SMILES string of the molecule is C=CC[C@H](C)Oc1cc(F)ccc1B(O)O. The first-order chi connectivity index (χ1) is 7.54. The van der Waals surface area contributed by atoms with E-state index < -0.39 is 12.9 Å². The molecule has 1 atom stereocenters. The van der Waals surface area contributed by atoms with Gasteiger partial charge in [-0.15, -0.1) is 6.58 Å². The molecule has 0 aliphatic heterocycles. The Morgan fingerprint density at radius 1 is 1.56 bits per heavy atom. The predicted molar refractivity (Wildman–Crippen MR) is 61.1 cm³/mol. The third-order valence-electron chi connectivity index (χ3n) is 2.08. The van der Waals surface area contributed by atoms with Crippen LogP contribution in [0.15, 0.2) is 30.9 Å². The molecule has 1 aromatic carbocycles. The molecule has 2 N–H and O–H groups in total. The van der Waals surface area contributed by atoms with Crippen molar-refractivity contribution in [3.63, 3.8) is 0 Å². The van der Waals surface area contributed by atoms with E-state index in [1.54, 1.807) is 13.0 Å². The van der Waals surface area contributed by atoms with Crippen molar-refractivity contribution in [2.75, 3.05) is 0 Å². The molecule has 0 aliphatic carbocycles. The standard InChI is InChI=1S/C11H14BFO3/c1-3-4-8(2)16-11-7-9(13)5-6-10(11)12(14)15/h3,5-8,14-15H,1,4H2,2H3/t8-/m0/s1. The quantitative estimate of drug-likeness (QED) is 0.575. The summed E-state index contributed by atoms with van der Waals surface area (Å²) in [4.78, 5) is 0. The molecule has 0 spiro atoms. The molecule has 0 unspecified atom stereocenters. The van der Waals surface area contributed by atoms with Crippen molar-refractivity contribution in [1.29, 1.82) is 0 Å². The van der Waals surface area contributed by atoms with E-state index in [1.807, 2.05) is 0 Å². The number of benzene rings is 1. The van der Waals surface area contributed by atoms with Gasteiger partial charge in [0.1, 0.15) is 11.6 Å². The molecule has 1 rings (SSSR count). The van der Waals surface area contributed by atoms with Crippen molar-refractivity contribution in [3.8, 4) is 5.75 Å². The maximum Gasteiger partial charge on any atom is 0.492 e. The Hall–Kier alpha value is -1.33. The average Bonchev–Trinajstić information content (AvgIpc) is 2.17. The Kier molecular flexibility index (Phi) is 4.52. The van der Waals surface area contributed by atoms with E-state index in [9.17, 15) is 4.39 Å². The van der Waals surface area contributed by atoms with E-state index in [2.05, 4.69) is 6.58 Å². The van der Waals surface area contributed by atoms with Crippen LogP contribution >= 0.6 is 0 Å². The topological polar surface area (TPSA) is 49.7 Å². The van der Waals surface area contributed by atoms with Crippen LogP contribution in [0.1, 0.15) is 13.3 Å². The smallest absolute Gasteiger partial charge is 0.491 e. The first-order valence-corrected chi connectivity index (χ1v) is 4.97. The summed E-state index contributed by atoms with van der Waals surface area (Å²) in [6.45, 7) is 5.36. The summed E-state index contributed by atoms with van der Waals surface area (Å²) in [5, 5.41) is 18.1. The van der Waals surface area contributed by atoms with Crippen LogP contribution in [0.4, 0.5) is 4.39 Å². The van der Waals surface area contributed by atoms with Gasteiger partial charge in [0.15, 0.2) is 0 Å². The van der Waals surface area contributed by atoms with Crippen LogP contribution in [0.5, 0.6) is 5.75 Å². The number of halogens is 1. The predicted octanol–water partition coefficient (Wildman–Crippen LogP) is 0.849. The Bertz CT molecular complexity index is 368. The van der Waals surface area contributed by atoms with Crippen molar-refractivity contribution in [1.82, 2.24) is 0 Å². The molecule has 86 valence electrons. The van der Waals surface area contributed by atoms with Gasteiger partial charge in [0.05, 0.1) is 6.10 Å². The molecule has 0 saturated heterocycles. The largest absolute Gasteiger partial charge is 0.492 e. The van der Waals surface area contributed by atoms with Gasteiger partial charge < -0.3 is 14.8 Å². The fourth-order valence-electron chi connectivity index (χ4n) is 1.32. The first kappa shape index (κ1) is 12.7. The van der Waals surface area contributed by atoms with E-state index in [0.29, 0.717) is 6.42 Å². The average molecular weight is 224 g/mol. The highest BCUT2D eigenvalue weighted by atomic mass is 19.1. The molecule has 0 aliphatic rings. The van der Waals surface area contributed by atoms with Gasteiger partial charge >= 0.3 is 7.12 Å². The molecule has 0 fully saturated rings. The summed E-state index contributed by atoms with van der Waals surface area (Å²) in [7, 11) is -1.67. The second kappa shape index (κ2) is 5.68. The molecular weight excluding hydrogens is 210 g/mol. The highest BCUT2D eigenvalue weighted by molar-refractivity contribution is 6.59. The minimum Gasteiger partial charge on any atom is -0.491 e. The van der Waals surface area contributed by atoms with Gasteiger partial charge in [-0.2, -0.15) is 0 Å². The number of rotatable bonds is 5. The third kappa shape index (κ3) is 3.36. The maximum absolute atomic E-state index is 13.0. The van der Waals surface area contributed by atoms with Crippen LogP contribution in [0.2, 0.25) is 0 Å². The fraction of sp³-hybridized carbons (Fsp3) is 0.273. The van der Waals surface area contributed by atoms with Crippen molar-refractivity contribution < 1.29 is 19.2 Å². The zero-order valence-electron chi connectivity index (χ0n) is 9.06. The molecule has 1 aromatic rings. The fourth-order valence-corrected chi connectivity index (χ4v) is 1.32. The Morgan fingerprint density at radius 3 is 2.81 bits per heavy atom. The molecule has 0 bridgehead atoms. The van der Waals surface area contributed by atoms with Crippen LogP contribution < -0.4 is 10.2 Å². The summed E-state index contributed by atoms with van der Waals surface area (Å²) >= 11 is 0. The molecule has 16 heavy (non-hydrogen) atoms. The minimum absolute atomic E-state index is 0.143. The lowest BCUT2D eigenvalue weighted by Gasteiger charge is -2.16. The van der Waals surface area contributed by atoms with Gasteiger partial charge in [0.2, 0.25) is 0 Å². The molecule has 0 heterocycles. The maximum atomic E-state index is 13.0. The number of hydrogen-bond acceptors (Lipinski definition) is 3. The monoisotopic (exact) mass is 224 g/mol. The molecule has 0 saturated carbocycles. The highest BCUT2D eigenvalue weighted by Crippen LogP contribution is 2.13. The van der Waals surface area contributed by atoms with Gasteiger partial charge in [-0.1, -0.05) is 12.1 Å². The van der Waals surface area contributed by atoms with Crippen molar-refractivity contribution >= 4 is 12.6 Å². The van der Waals surface area contributed by atoms with Crippen LogP contribution in [0, 0.1) is 5.82 Å². The van der Waals surface area contributed by atoms with E-state index in [0.717, 1.165) is 12.1 Å². The van der Waals surface area contributed by atoms with Gasteiger partial charge in [0, 0.05) is 17.9 Å². The highest BCUT2D eigenvalue weighted by Gasteiger charge is 2.18. The molecule has 3 nitrogen and oxygen atoms in total. The van der Waals surface area contributed by atoms with Crippen molar-refractivity contribution in [3.05, 3.63) is 36.7 Å². The summed E-state index contributed by atoms with van der Waals surface area (Å²) in [6, 6.07) is 3.57. The zero-order valence-corrected chi connectivity index (χ0v) is 9.06. The van der Waals surface area contributed by atoms with E-state index >= 15 is 0 Å². The Balaban J connectivity index is 2.91. The number of ether oxygens (including phenoxy) is 1. The van der Waals surface area contributed by atoms with Gasteiger partial charge in [-0.25, -0.2) is 4.39 Å². The third-order valence-corrected chi connectivity index (χ3v) is 2.08. The van der Waals surface area contributed by atoms with E-state index in [-0.39, 0.29) is 17.3 Å². The molecule has 0 radical (unpaired) electrons. The molecular formula is C11H14BFO3. The van der Waals surface area contributed by atoms with Gasteiger partial charge in [-0.05, 0) is 13.0 Å². The van der Waals surface area contributed by atoms with Gasteiger partial charge in [0.25, 0.3) is 0 Å². The Morgan fingerprint density at radius 2 is 2.25 bits per heavy atom. The van der Waals surface area contributed by atoms with E-state index in [4.69, 9.17) is 14.8 Å². The summed E-state index contributed by atoms with van der Waals surface area (Å²) < 4.78 is 18.4. The van der Waals surface area contributed by atoms with Crippen LogP contribution in [0.3, 0.4) is 0 Å². The second-order valence-electron chi connectivity index (χ2n) is 3.51. The lowest BCUT2D eigenvalue weighted by Crippen LogP contribution is -2.32. The minimum atomic E-state index is -1.67. The van der Waals surface area contributed by atoms with Crippen molar-refractivity contribution in [2.24, 2.45) is 0 Å². The van der Waals surface area contributed by atoms with Crippen LogP contribution in [-0.4, -0.2) is 23.3 Å². The summed E-state index contributed by atoms with van der Waals surface area (Å²) in [6.07, 6.45) is 2.08. The lowest BCUT2D eigenvalue weighted by atomic mass is 9.79. The molecule has 0 amide bonds. The summed E-state index contributed by atoms with van der Waals surface area (Å²) in [5.74, 6) is -0.338. The molecule has 5 heteroatoms. The number of hydrogen-bond donors (Lipinski definition) is 2. The Labute approximate surface area is 94.3 Å². The van der Waals surface area contributed by atoms with Crippen LogP contribution in [0.25, 0.3) is 0 Å². The zero-order chi connectivity index (χ0) is 12.1. The van der Waals surface area contributed by atoms with E-state index in [1.165, 1.54) is 6.07 Å². The molecule has 0 aromatic heterocycles. The first-order valence-electron chi connectivity index (χ1n) is 4.97. The normalized spacial score (nSPS) is 12.0. The van der Waals surface area contributed by atoms with Crippen molar-refractivity contribution in [2.45, 2.75) is 19.4 Å². The van der Waals surface area contributed by atoms with Crippen LogP contribution in [-0.2, 0) is 0 Å².